The second kappa shape index (κ2) is 9.82. The quantitative estimate of drug-likeness (QED) is 0.363. The largest absolute Gasteiger partial charge is 0.516 e. The zero-order valence-electron chi connectivity index (χ0n) is 7.19. The van der Waals surface area contributed by atoms with Crippen LogP contribution in [-0.2, 0) is 0 Å². The van der Waals surface area contributed by atoms with Gasteiger partial charge in [0.15, 0.2) is 0 Å². The van der Waals surface area contributed by atoms with E-state index in [0.717, 1.165) is 38.2 Å². The second-order valence-corrected chi connectivity index (χ2v) is 2.40. The molecule has 0 saturated carbocycles. The van der Waals surface area contributed by atoms with Crippen molar-refractivity contribution in [2.45, 2.75) is 25.7 Å². The molecule has 68 valence electrons. The van der Waals surface area contributed by atoms with Gasteiger partial charge < -0.3 is 10.2 Å². The number of rotatable bonds is 6. The Hall–Kier alpha value is -1.18. The first-order valence-electron chi connectivity index (χ1n) is 4.15. The lowest BCUT2D eigenvalue weighted by Crippen LogP contribution is -1.67. The van der Waals surface area contributed by atoms with Crippen LogP contribution in [0.25, 0.3) is 0 Å². The van der Waals surface area contributed by atoms with Crippen molar-refractivity contribution in [3.63, 3.8) is 0 Å². The van der Waals surface area contributed by atoms with Gasteiger partial charge >= 0.3 is 0 Å². The molecule has 0 amide bonds. The van der Waals surface area contributed by atoms with Crippen LogP contribution in [0.3, 0.4) is 0 Å². The fraction of sp³-hybridized carbons (Fsp3) is 0.400. The summed E-state index contributed by atoms with van der Waals surface area (Å²) in [5, 5.41) is 16.6. The van der Waals surface area contributed by atoms with Crippen LogP contribution >= 0.6 is 0 Å². The van der Waals surface area contributed by atoms with Crippen molar-refractivity contribution < 1.29 is 10.2 Å². The van der Waals surface area contributed by atoms with Gasteiger partial charge in [-0.1, -0.05) is 12.2 Å². The summed E-state index contributed by atoms with van der Waals surface area (Å²) in [6.45, 7) is 0. The van der Waals surface area contributed by atoms with Gasteiger partial charge in [0, 0.05) is 0 Å². The SMILES string of the molecule is O/C=C/CC/C=C/CC/C=C/O. The van der Waals surface area contributed by atoms with Crippen molar-refractivity contribution in [3.05, 3.63) is 36.8 Å². The summed E-state index contributed by atoms with van der Waals surface area (Å²) in [4.78, 5) is 0. The van der Waals surface area contributed by atoms with E-state index in [1.165, 1.54) is 0 Å². The smallest absolute Gasteiger partial charge is 0.0751 e. The van der Waals surface area contributed by atoms with Gasteiger partial charge in [0.2, 0.25) is 0 Å². The maximum atomic E-state index is 8.30. The Morgan fingerprint density at radius 1 is 0.583 bits per heavy atom. The van der Waals surface area contributed by atoms with Gasteiger partial charge in [0.05, 0.1) is 12.5 Å². The van der Waals surface area contributed by atoms with Crippen LogP contribution in [0.5, 0.6) is 0 Å². The van der Waals surface area contributed by atoms with E-state index in [0.29, 0.717) is 0 Å². The van der Waals surface area contributed by atoms with Gasteiger partial charge in [0.25, 0.3) is 0 Å². The third kappa shape index (κ3) is 8.82. The van der Waals surface area contributed by atoms with Crippen molar-refractivity contribution >= 4 is 0 Å². The number of hydrogen-bond acceptors (Lipinski definition) is 2. The molecule has 0 aromatic heterocycles. The highest BCUT2D eigenvalue weighted by atomic mass is 16.2. The van der Waals surface area contributed by atoms with E-state index < -0.39 is 0 Å². The van der Waals surface area contributed by atoms with Crippen LogP contribution in [0.15, 0.2) is 36.8 Å². The summed E-state index contributed by atoms with van der Waals surface area (Å²) in [6.07, 6.45) is 13.4. The van der Waals surface area contributed by atoms with Crippen molar-refractivity contribution in [2.24, 2.45) is 0 Å². The molecular formula is C10H16O2. The molecule has 0 aromatic carbocycles. The fourth-order valence-electron chi connectivity index (χ4n) is 0.770. The van der Waals surface area contributed by atoms with Gasteiger partial charge in [-0.15, -0.1) is 0 Å². The Morgan fingerprint density at radius 3 is 1.25 bits per heavy atom. The molecule has 2 heteroatoms. The van der Waals surface area contributed by atoms with Crippen molar-refractivity contribution in [1.29, 1.82) is 0 Å². The maximum Gasteiger partial charge on any atom is 0.0751 e. The minimum Gasteiger partial charge on any atom is -0.516 e. The lowest BCUT2D eigenvalue weighted by molar-refractivity contribution is 0.470. The molecule has 0 aliphatic heterocycles. The molecule has 0 atom stereocenters. The van der Waals surface area contributed by atoms with Crippen molar-refractivity contribution in [1.82, 2.24) is 0 Å². The van der Waals surface area contributed by atoms with Crippen molar-refractivity contribution in [2.75, 3.05) is 0 Å². The normalized spacial score (nSPS) is 12.3. The summed E-state index contributed by atoms with van der Waals surface area (Å²) >= 11 is 0. The van der Waals surface area contributed by atoms with Crippen LogP contribution in [0.2, 0.25) is 0 Å². The van der Waals surface area contributed by atoms with Crippen LogP contribution in [0.4, 0.5) is 0 Å². The van der Waals surface area contributed by atoms with Gasteiger partial charge in [-0.05, 0) is 37.8 Å². The van der Waals surface area contributed by atoms with E-state index in [1.54, 1.807) is 12.2 Å². The summed E-state index contributed by atoms with van der Waals surface area (Å²) in [7, 11) is 0. The molecule has 0 saturated heterocycles. The molecule has 0 heterocycles. The molecule has 0 rings (SSSR count). The number of allylic oxidation sites excluding steroid dienone is 4. The summed E-state index contributed by atoms with van der Waals surface area (Å²) in [6, 6.07) is 0. The highest BCUT2D eigenvalue weighted by molar-refractivity contribution is 4.87. The molecule has 0 bridgehead atoms. The summed E-state index contributed by atoms with van der Waals surface area (Å²) in [5.41, 5.74) is 0. The first-order chi connectivity index (χ1) is 5.91. The molecule has 2 N–H and O–H groups in total. The molecular weight excluding hydrogens is 152 g/mol. The van der Waals surface area contributed by atoms with E-state index in [4.69, 9.17) is 10.2 Å². The summed E-state index contributed by atoms with van der Waals surface area (Å²) in [5.74, 6) is 0. The van der Waals surface area contributed by atoms with Crippen LogP contribution < -0.4 is 0 Å². The Morgan fingerprint density at radius 2 is 0.917 bits per heavy atom. The fourth-order valence-corrected chi connectivity index (χ4v) is 0.770. The Labute approximate surface area is 73.5 Å². The Kier molecular flexibility index (Phi) is 8.85. The van der Waals surface area contributed by atoms with E-state index in [9.17, 15) is 0 Å². The predicted molar refractivity (Wildman–Crippen MR) is 51.1 cm³/mol. The zero-order valence-corrected chi connectivity index (χ0v) is 7.19. The number of hydrogen-bond donors (Lipinski definition) is 2. The van der Waals surface area contributed by atoms with Crippen LogP contribution in [0.1, 0.15) is 25.7 Å². The molecule has 0 spiro atoms. The molecule has 0 aliphatic carbocycles. The molecule has 0 aromatic rings. The number of aliphatic hydroxyl groups excluding tert-OH is 2. The highest BCUT2D eigenvalue weighted by Crippen LogP contribution is 1.96. The monoisotopic (exact) mass is 168 g/mol. The van der Waals surface area contributed by atoms with Gasteiger partial charge in [0.1, 0.15) is 0 Å². The first-order valence-corrected chi connectivity index (χ1v) is 4.15. The molecule has 12 heavy (non-hydrogen) atoms. The zero-order chi connectivity index (χ0) is 9.07. The molecule has 2 nitrogen and oxygen atoms in total. The lowest BCUT2D eigenvalue weighted by Gasteiger charge is -1.86. The molecule has 0 aliphatic rings. The standard InChI is InChI=1S/C10H16O2/c11-9-7-5-3-1-2-4-6-8-10-12/h1-2,7-12H,3-6H2/b2-1+,9-7+,10-8+. The predicted octanol–water partition coefficient (Wildman–Crippen LogP) is 3.25. The van der Waals surface area contributed by atoms with Crippen molar-refractivity contribution in [3.8, 4) is 0 Å². The minimum absolute atomic E-state index is 0.878. The highest BCUT2D eigenvalue weighted by Gasteiger charge is 1.77. The van der Waals surface area contributed by atoms with E-state index in [-0.39, 0.29) is 0 Å². The average Bonchev–Trinajstić information content (AvgIpc) is 2.10. The summed E-state index contributed by atoms with van der Waals surface area (Å²) < 4.78 is 0. The Balaban J connectivity index is 3.14. The number of unbranched alkanes of at least 4 members (excludes halogenated alkanes) is 2. The second-order valence-electron chi connectivity index (χ2n) is 2.40. The van der Waals surface area contributed by atoms with Gasteiger partial charge in [-0.3, -0.25) is 0 Å². The number of aliphatic hydroxyl groups is 2. The average molecular weight is 168 g/mol. The molecule has 0 radical (unpaired) electrons. The topological polar surface area (TPSA) is 40.5 Å². The first kappa shape index (κ1) is 10.8. The Bertz CT molecular complexity index is 139. The lowest BCUT2D eigenvalue weighted by atomic mass is 10.2. The van der Waals surface area contributed by atoms with E-state index >= 15 is 0 Å². The minimum atomic E-state index is 0.878. The third-order valence-corrected chi connectivity index (χ3v) is 1.38. The van der Waals surface area contributed by atoms with Crippen LogP contribution in [-0.4, -0.2) is 10.2 Å². The maximum absolute atomic E-state index is 8.30. The van der Waals surface area contributed by atoms with E-state index in [1.807, 2.05) is 0 Å². The molecule has 0 fully saturated rings. The molecule has 0 unspecified atom stereocenters. The van der Waals surface area contributed by atoms with Crippen LogP contribution in [0, 0.1) is 0 Å². The van der Waals surface area contributed by atoms with E-state index in [2.05, 4.69) is 12.2 Å². The van der Waals surface area contributed by atoms with Gasteiger partial charge in [-0.25, -0.2) is 0 Å². The van der Waals surface area contributed by atoms with Gasteiger partial charge in [-0.2, -0.15) is 0 Å². The third-order valence-electron chi connectivity index (χ3n) is 1.38.